The molecule has 25 heavy (non-hydrogen) atoms. The molecule has 1 aliphatic heterocycles. The summed E-state index contributed by atoms with van der Waals surface area (Å²) in [4.78, 5) is 26.2. The number of carbonyl (C=O) groups is 2. The number of halogens is 2. The molecule has 1 N–H and O–H groups in total. The number of benzene rings is 1. The van der Waals surface area contributed by atoms with Gasteiger partial charge < -0.3 is 14.6 Å². The van der Waals surface area contributed by atoms with Crippen molar-refractivity contribution in [1.82, 2.24) is 10.2 Å². The van der Waals surface area contributed by atoms with Crippen LogP contribution in [-0.4, -0.2) is 35.8 Å². The van der Waals surface area contributed by atoms with Crippen LogP contribution < -0.4 is 5.32 Å². The number of nitrogens with zero attached hydrogens (tertiary/aromatic N) is 1. The summed E-state index contributed by atoms with van der Waals surface area (Å²) in [5.41, 5.74) is 0.797. The van der Waals surface area contributed by atoms with E-state index in [2.05, 4.69) is 21.2 Å². The number of piperidine rings is 1. The molecule has 0 bridgehead atoms. The highest BCUT2D eigenvalue weighted by Crippen LogP contribution is 2.16. The average molecular weight is 409 g/mol. The highest BCUT2D eigenvalue weighted by Gasteiger charge is 2.24. The van der Waals surface area contributed by atoms with Gasteiger partial charge in [0.05, 0.1) is 6.42 Å². The molecule has 0 atom stereocenters. The summed E-state index contributed by atoms with van der Waals surface area (Å²) in [5, 5.41) is 2.93. The Balaban J connectivity index is 1.47. The van der Waals surface area contributed by atoms with E-state index in [0.29, 0.717) is 30.6 Å². The summed E-state index contributed by atoms with van der Waals surface area (Å²) in [6.45, 7) is 1.18. The van der Waals surface area contributed by atoms with Crippen LogP contribution in [0.5, 0.6) is 0 Å². The lowest BCUT2D eigenvalue weighted by Crippen LogP contribution is -2.46. The summed E-state index contributed by atoms with van der Waals surface area (Å²) in [6.07, 6.45) is 1.66. The number of amides is 2. The Labute approximate surface area is 153 Å². The van der Waals surface area contributed by atoms with Crippen LogP contribution in [0.1, 0.15) is 29.0 Å². The van der Waals surface area contributed by atoms with Crippen molar-refractivity contribution in [3.63, 3.8) is 0 Å². The van der Waals surface area contributed by atoms with E-state index in [1.807, 2.05) is 0 Å². The second kappa shape index (κ2) is 7.82. The van der Waals surface area contributed by atoms with Gasteiger partial charge in [-0.05, 0) is 58.6 Å². The normalized spacial score (nSPS) is 15.2. The summed E-state index contributed by atoms with van der Waals surface area (Å²) >= 11 is 3.17. The molecule has 2 aromatic rings. The molecule has 132 valence electrons. The minimum Gasteiger partial charge on any atom is -0.444 e. The van der Waals surface area contributed by atoms with E-state index >= 15 is 0 Å². The third-order valence-electron chi connectivity index (χ3n) is 4.25. The quantitative estimate of drug-likeness (QED) is 0.844. The molecule has 1 aromatic carbocycles. The van der Waals surface area contributed by atoms with Gasteiger partial charge in [0.25, 0.3) is 5.91 Å². The van der Waals surface area contributed by atoms with E-state index in [9.17, 15) is 14.0 Å². The lowest BCUT2D eigenvalue weighted by atomic mass is 10.0. The van der Waals surface area contributed by atoms with E-state index in [0.717, 1.165) is 5.56 Å². The van der Waals surface area contributed by atoms with E-state index < -0.39 is 0 Å². The maximum absolute atomic E-state index is 12.9. The van der Waals surface area contributed by atoms with E-state index in [1.165, 1.54) is 12.1 Å². The number of rotatable bonds is 4. The fraction of sp³-hybridized carbons (Fsp3) is 0.333. The first kappa shape index (κ1) is 17.7. The number of likely N-dealkylation sites (tertiary alicyclic amines) is 1. The Kier molecular flexibility index (Phi) is 5.53. The molecule has 7 heteroatoms. The third-order valence-corrected chi connectivity index (χ3v) is 4.67. The van der Waals surface area contributed by atoms with Crippen molar-refractivity contribution in [2.75, 3.05) is 13.1 Å². The van der Waals surface area contributed by atoms with Crippen molar-refractivity contribution >= 4 is 27.7 Å². The smallest absolute Gasteiger partial charge is 0.287 e. The van der Waals surface area contributed by atoms with Crippen molar-refractivity contribution in [2.24, 2.45) is 0 Å². The average Bonchev–Trinajstić information content (AvgIpc) is 3.04. The van der Waals surface area contributed by atoms with Gasteiger partial charge >= 0.3 is 0 Å². The maximum atomic E-state index is 12.9. The monoisotopic (exact) mass is 408 g/mol. The van der Waals surface area contributed by atoms with Gasteiger partial charge in [-0.3, -0.25) is 9.59 Å². The first-order valence-electron chi connectivity index (χ1n) is 8.09. The predicted octanol–water partition coefficient (Wildman–Crippen LogP) is 3.14. The maximum Gasteiger partial charge on any atom is 0.287 e. The van der Waals surface area contributed by atoms with Crippen molar-refractivity contribution < 1.29 is 18.4 Å². The number of hydrogen-bond donors (Lipinski definition) is 1. The third kappa shape index (κ3) is 4.69. The van der Waals surface area contributed by atoms with Crippen LogP contribution in [0.15, 0.2) is 45.5 Å². The van der Waals surface area contributed by atoms with Gasteiger partial charge in [-0.15, -0.1) is 0 Å². The molecule has 1 aromatic heterocycles. The molecule has 0 unspecified atom stereocenters. The second-order valence-electron chi connectivity index (χ2n) is 6.04. The largest absolute Gasteiger partial charge is 0.444 e. The standard InChI is InChI=1S/C18H18BrFN2O3/c19-16-6-5-15(25-16)18(24)21-14-7-9-22(10-8-14)17(23)11-12-1-3-13(20)4-2-12/h1-6,14H,7-11H2,(H,21,24). The summed E-state index contributed by atoms with van der Waals surface area (Å²) in [7, 11) is 0. The highest BCUT2D eigenvalue weighted by atomic mass is 79.9. The second-order valence-corrected chi connectivity index (χ2v) is 6.82. The van der Waals surface area contributed by atoms with Crippen molar-refractivity contribution in [3.05, 3.63) is 58.2 Å². The predicted molar refractivity (Wildman–Crippen MR) is 93.6 cm³/mol. The first-order chi connectivity index (χ1) is 12.0. The Bertz CT molecular complexity index is 752. The van der Waals surface area contributed by atoms with Gasteiger partial charge in [-0.25, -0.2) is 4.39 Å². The fourth-order valence-corrected chi connectivity index (χ4v) is 3.16. The van der Waals surface area contributed by atoms with Gasteiger partial charge in [0.1, 0.15) is 5.82 Å². The highest BCUT2D eigenvalue weighted by molar-refractivity contribution is 9.10. The van der Waals surface area contributed by atoms with E-state index in [4.69, 9.17) is 4.42 Å². The summed E-state index contributed by atoms with van der Waals surface area (Å²) in [5.74, 6) is -0.272. The molecule has 3 rings (SSSR count). The molecule has 0 aliphatic carbocycles. The molecule has 2 heterocycles. The Morgan fingerprint density at radius 1 is 1.16 bits per heavy atom. The Morgan fingerprint density at radius 3 is 2.44 bits per heavy atom. The van der Waals surface area contributed by atoms with Crippen LogP contribution in [-0.2, 0) is 11.2 Å². The van der Waals surface area contributed by atoms with Gasteiger partial charge in [-0.2, -0.15) is 0 Å². The SMILES string of the molecule is O=C(NC1CCN(C(=O)Cc2ccc(F)cc2)CC1)c1ccc(Br)o1. The number of furan rings is 1. The zero-order chi connectivity index (χ0) is 17.8. The molecule has 2 amide bonds. The van der Waals surface area contributed by atoms with Crippen molar-refractivity contribution in [1.29, 1.82) is 0 Å². The van der Waals surface area contributed by atoms with Crippen LogP contribution in [0.4, 0.5) is 4.39 Å². The fourth-order valence-electron chi connectivity index (χ4n) is 2.85. The molecular weight excluding hydrogens is 391 g/mol. The van der Waals surface area contributed by atoms with E-state index in [-0.39, 0.29) is 35.9 Å². The van der Waals surface area contributed by atoms with E-state index in [1.54, 1.807) is 29.2 Å². The van der Waals surface area contributed by atoms with Crippen LogP contribution in [0.25, 0.3) is 0 Å². The van der Waals surface area contributed by atoms with Crippen LogP contribution in [0.2, 0.25) is 0 Å². The Hall–Kier alpha value is -2.15. The van der Waals surface area contributed by atoms with Crippen molar-refractivity contribution in [3.8, 4) is 0 Å². The zero-order valence-electron chi connectivity index (χ0n) is 13.5. The summed E-state index contributed by atoms with van der Waals surface area (Å²) < 4.78 is 18.7. The Morgan fingerprint density at radius 2 is 1.84 bits per heavy atom. The van der Waals surface area contributed by atoms with Gasteiger partial charge in [0.15, 0.2) is 10.4 Å². The minimum atomic E-state index is -0.309. The van der Waals surface area contributed by atoms with Crippen LogP contribution in [0, 0.1) is 5.82 Å². The topological polar surface area (TPSA) is 62.6 Å². The van der Waals surface area contributed by atoms with Crippen LogP contribution in [0.3, 0.4) is 0 Å². The lowest BCUT2D eigenvalue weighted by molar-refractivity contribution is -0.131. The van der Waals surface area contributed by atoms with Gasteiger partial charge in [-0.1, -0.05) is 12.1 Å². The molecule has 0 radical (unpaired) electrons. The molecular formula is C18H18BrFN2O3. The number of nitrogens with one attached hydrogen (secondary N) is 1. The van der Waals surface area contributed by atoms with Crippen LogP contribution >= 0.6 is 15.9 Å². The number of carbonyl (C=O) groups excluding carboxylic acids is 2. The molecule has 5 nitrogen and oxygen atoms in total. The molecule has 1 saturated heterocycles. The lowest BCUT2D eigenvalue weighted by Gasteiger charge is -2.32. The molecule has 0 spiro atoms. The molecule has 0 saturated carbocycles. The van der Waals surface area contributed by atoms with Crippen molar-refractivity contribution in [2.45, 2.75) is 25.3 Å². The minimum absolute atomic E-state index is 0.0197. The van der Waals surface area contributed by atoms with Gasteiger partial charge in [0.2, 0.25) is 5.91 Å². The molecule has 1 fully saturated rings. The zero-order valence-corrected chi connectivity index (χ0v) is 15.1. The van der Waals surface area contributed by atoms with Gasteiger partial charge in [0, 0.05) is 19.1 Å². The number of hydrogen-bond acceptors (Lipinski definition) is 3. The molecule has 1 aliphatic rings. The summed E-state index contributed by atoms with van der Waals surface area (Å²) in [6, 6.07) is 9.27. The first-order valence-corrected chi connectivity index (χ1v) is 8.89.